The van der Waals surface area contributed by atoms with E-state index in [1.54, 1.807) is 24.4 Å². The number of hydrogen-bond acceptors (Lipinski definition) is 3. The highest BCUT2D eigenvalue weighted by molar-refractivity contribution is 6.44. The van der Waals surface area contributed by atoms with Crippen LogP contribution in [0.3, 0.4) is 0 Å². The van der Waals surface area contributed by atoms with Crippen molar-refractivity contribution in [1.29, 1.82) is 5.26 Å². The average molecular weight is 303 g/mol. The number of rotatable bonds is 4. The predicted molar refractivity (Wildman–Crippen MR) is 85.7 cm³/mol. The monoisotopic (exact) mass is 303 g/mol. The molecule has 0 fully saturated rings. The van der Waals surface area contributed by atoms with Crippen LogP contribution in [0.4, 0.5) is 0 Å². The van der Waals surface area contributed by atoms with Gasteiger partial charge in [0.25, 0.3) is 11.7 Å². The first-order valence-corrected chi connectivity index (χ1v) is 7.01. The lowest BCUT2D eigenvalue weighted by Crippen LogP contribution is -2.22. The van der Waals surface area contributed by atoms with Gasteiger partial charge >= 0.3 is 0 Å². The Balaban J connectivity index is 2.05. The van der Waals surface area contributed by atoms with Crippen LogP contribution in [0.25, 0.3) is 10.9 Å². The van der Waals surface area contributed by atoms with Gasteiger partial charge in [0, 0.05) is 23.6 Å². The van der Waals surface area contributed by atoms with Crippen molar-refractivity contribution in [3.05, 3.63) is 71.4 Å². The maximum atomic E-state index is 12.0. The van der Waals surface area contributed by atoms with Crippen molar-refractivity contribution in [1.82, 2.24) is 4.57 Å². The van der Waals surface area contributed by atoms with E-state index in [1.165, 1.54) is 0 Å². The van der Waals surface area contributed by atoms with E-state index in [0.29, 0.717) is 23.1 Å². The molecule has 3 rings (SSSR count). The predicted octanol–water partition coefficient (Wildman–Crippen LogP) is 2.23. The SMILES string of the molecule is N#Cc1ccc(Cn2cc(C(=O)C(N)=O)c3ccccc32)cc1. The van der Waals surface area contributed by atoms with Gasteiger partial charge in [0.2, 0.25) is 0 Å². The standard InChI is InChI=1S/C18H13N3O2/c19-9-12-5-7-13(8-6-12)10-21-11-15(17(22)18(20)23)14-3-1-2-4-16(14)21/h1-8,11H,10H2,(H2,20,23). The van der Waals surface area contributed by atoms with Crippen LogP contribution in [0.5, 0.6) is 0 Å². The van der Waals surface area contributed by atoms with Crippen molar-refractivity contribution in [3.8, 4) is 6.07 Å². The first-order valence-electron chi connectivity index (χ1n) is 7.01. The van der Waals surface area contributed by atoms with Crippen LogP contribution in [-0.2, 0) is 11.3 Å². The molecule has 0 unspecified atom stereocenters. The third-order valence-corrected chi connectivity index (χ3v) is 3.69. The van der Waals surface area contributed by atoms with Crippen LogP contribution < -0.4 is 5.73 Å². The summed E-state index contributed by atoms with van der Waals surface area (Å²) in [6, 6.07) is 16.7. The third kappa shape index (κ3) is 2.70. The minimum Gasteiger partial charge on any atom is -0.363 e. The average Bonchev–Trinajstić information content (AvgIpc) is 2.93. The number of aromatic nitrogens is 1. The number of nitriles is 1. The minimum atomic E-state index is -0.966. The van der Waals surface area contributed by atoms with Gasteiger partial charge in [-0.2, -0.15) is 5.26 Å². The van der Waals surface area contributed by atoms with Crippen molar-refractivity contribution >= 4 is 22.6 Å². The van der Waals surface area contributed by atoms with Gasteiger partial charge in [-0.25, -0.2) is 0 Å². The van der Waals surface area contributed by atoms with Crippen molar-refractivity contribution in [2.75, 3.05) is 0 Å². The number of primary amides is 1. The molecule has 1 heterocycles. The molecule has 112 valence electrons. The number of amides is 1. The summed E-state index contributed by atoms with van der Waals surface area (Å²) in [6.45, 7) is 0.526. The topological polar surface area (TPSA) is 88.9 Å². The van der Waals surface area contributed by atoms with Crippen molar-refractivity contribution in [2.24, 2.45) is 5.73 Å². The van der Waals surface area contributed by atoms with E-state index in [4.69, 9.17) is 11.0 Å². The Morgan fingerprint density at radius 2 is 1.78 bits per heavy atom. The van der Waals surface area contributed by atoms with Crippen LogP contribution in [0.15, 0.2) is 54.7 Å². The van der Waals surface area contributed by atoms with E-state index in [2.05, 4.69) is 6.07 Å². The Bertz CT molecular complexity index is 947. The Labute approximate surface area is 132 Å². The minimum absolute atomic E-state index is 0.307. The molecule has 0 saturated heterocycles. The van der Waals surface area contributed by atoms with Gasteiger partial charge in [-0.3, -0.25) is 9.59 Å². The van der Waals surface area contributed by atoms with E-state index in [0.717, 1.165) is 11.1 Å². The van der Waals surface area contributed by atoms with E-state index in [-0.39, 0.29) is 0 Å². The summed E-state index contributed by atoms with van der Waals surface area (Å²) in [6.07, 6.45) is 1.65. The number of para-hydroxylation sites is 1. The summed E-state index contributed by atoms with van der Waals surface area (Å²) in [5.41, 5.74) is 7.86. The molecule has 5 nitrogen and oxygen atoms in total. The summed E-state index contributed by atoms with van der Waals surface area (Å²) in [5, 5.41) is 9.54. The molecule has 1 aromatic heterocycles. The van der Waals surface area contributed by atoms with Crippen LogP contribution in [0, 0.1) is 11.3 Å². The number of Topliss-reactive ketones (excluding diaryl/α,β-unsaturated/α-hetero) is 1. The molecule has 0 aliphatic heterocycles. The molecule has 0 atom stereocenters. The van der Waals surface area contributed by atoms with E-state index >= 15 is 0 Å². The second-order valence-corrected chi connectivity index (χ2v) is 5.19. The number of fused-ring (bicyclic) bond motifs is 1. The Morgan fingerprint density at radius 3 is 2.43 bits per heavy atom. The zero-order valence-corrected chi connectivity index (χ0v) is 12.2. The largest absolute Gasteiger partial charge is 0.363 e. The molecule has 0 aliphatic rings. The fourth-order valence-corrected chi connectivity index (χ4v) is 2.57. The second kappa shape index (κ2) is 5.78. The van der Waals surface area contributed by atoms with Crippen molar-refractivity contribution < 1.29 is 9.59 Å². The number of benzene rings is 2. The van der Waals surface area contributed by atoms with Crippen molar-refractivity contribution in [2.45, 2.75) is 6.54 Å². The van der Waals surface area contributed by atoms with Gasteiger partial charge in [-0.1, -0.05) is 30.3 Å². The smallest absolute Gasteiger partial charge is 0.289 e. The molecule has 0 saturated carbocycles. The Hall–Kier alpha value is -3.39. The lowest BCUT2D eigenvalue weighted by molar-refractivity contribution is -0.114. The zero-order chi connectivity index (χ0) is 16.4. The third-order valence-electron chi connectivity index (χ3n) is 3.69. The molecule has 3 aromatic rings. The van der Waals surface area contributed by atoms with Crippen LogP contribution in [0.2, 0.25) is 0 Å². The van der Waals surface area contributed by atoms with Crippen LogP contribution in [0.1, 0.15) is 21.5 Å². The Kier molecular flexibility index (Phi) is 3.65. The van der Waals surface area contributed by atoms with Crippen LogP contribution >= 0.6 is 0 Å². The van der Waals surface area contributed by atoms with Gasteiger partial charge in [0.1, 0.15) is 0 Å². The maximum Gasteiger partial charge on any atom is 0.289 e. The number of ketones is 1. The zero-order valence-electron chi connectivity index (χ0n) is 12.2. The fourth-order valence-electron chi connectivity index (χ4n) is 2.57. The first kappa shape index (κ1) is 14.5. The number of nitrogens with zero attached hydrogens (tertiary/aromatic N) is 2. The molecule has 0 radical (unpaired) electrons. The molecule has 2 aromatic carbocycles. The van der Waals surface area contributed by atoms with Gasteiger partial charge in [0.05, 0.1) is 17.2 Å². The van der Waals surface area contributed by atoms with Gasteiger partial charge in [-0.15, -0.1) is 0 Å². The molecule has 0 aliphatic carbocycles. The highest BCUT2D eigenvalue weighted by Gasteiger charge is 2.19. The Morgan fingerprint density at radius 1 is 1.09 bits per heavy atom. The number of hydrogen-bond donors (Lipinski definition) is 1. The molecule has 5 heteroatoms. The summed E-state index contributed by atoms with van der Waals surface area (Å²) in [4.78, 5) is 23.2. The summed E-state index contributed by atoms with van der Waals surface area (Å²) >= 11 is 0. The van der Waals surface area contributed by atoms with E-state index in [9.17, 15) is 9.59 Å². The molecule has 2 N–H and O–H groups in total. The normalized spacial score (nSPS) is 10.4. The van der Waals surface area contributed by atoms with Gasteiger partial charge in [-0.05, 0) is 23.8 Å². The molecular weight excluding hydrogens is 290 g/mol. The first-order chi connectivity index (χ1) is 11.1. The molecule has 0 spiro atoms. The highest BCUT2D eigenvalue weighted by atomic mass is 16.2. The number of nitrogens with two attached hydrogens (primary N) is 1. The second-order valence-electron chi connectivity index (χ2n) is 5.19. The quantitative estimate of drug-likeness (QED) is 0.592. The highest BCUT2D eigenvalue weighted by Crippen LogP contribution is 2.23. The van der Waals surface area contributed by atoms with Gasteiger partial charge in [0.15, 0.2) is 0 Å². The van der Waals surface area contributed by atoms with Crippen LogP contribution in [-0.4, -0.2) is 16.3 Å². The molecule has 1 amide bonds. The fraction of sp³-hybridized carbons (Fsp3) is 0.0556. The summed E-state index contributed by atoms with van der Waals surface area (Å²) < 4.78 is 1.90. The van der Waals surface area contributed by atoms with Gasteiger partial charge < -0.3 is 10.3 Å². The lowest BCUT2D eigenvalue weighted by atomic mass is 10.1. The summed E-state index contributed by atoms with van der Waals surface area (Å²) in [5.74, 6) is -1.66. The maximum absolute atomic E-state index is 12.0. The number of carbonyl (C=O) groups is 2. The van der Waals surface area contributed by atoms with E-state index in [1.807, 2.05) is 34.9 Å². The molecule has 0 bridgehead atoms. The molecule has 23 heavy (non-hydrogen) atoms. The lowest BCUT2D eigenvalue weighted by Gasteiger charge is -2.05. The number of carbonyl (C=O) groups excluding carboxylic acids is 2. The van der Waals surface area contributed by atoms with Crippen molar-refractivity contribution in [3.63, 3.8) is 0 Å². The molecular formula is C18H13N3O2. The summed E-state index contributed by atoms with van der Waals surface area (Å²) in [7, 11) is 0. The van der Waals surface area contributed by atoms with E-state index < -0.39 is 11.7 Å².